The van der Waals surface area contributed by atoms with Crippen molar-refractivity contribution in [2.24, 2.45) is 0 Å². The molecular weight excluding hydrogens is 367 g/mol. The number of aromatic nitrogens is 4. The van der Waals surface area contributed by atoms with Gasteiger partial charge < -0.3 is 9.80 Å². The molecule has 4 aromatic rings. The van der Waals surface area contributed by atoms with Gasteiger partial charge in [-0.2, -0.15) is 5.10 Å². The van der Waals surface area contributed by atoms with Crippen LogP contribution in [0.2, 0.25) is 0 Å². The summed E-state index contributed by atoms with van der Waals surface area (Å²) in [5, 5.41) is 8.31. The minimum absolute atomic E-state index is 0.255. The molecule has 0 spiro atoms. The van der Waals surface area contributed by atoms with Crippen LogP contribution in [0.5, 0.6) is 0 Å². The highest BCUT2D eigenvalue weighted by Crippen LogP contribution is 2.33. The maximum atomic E-state index is 13.3. The van der Waals surface area contributed by atoms with Crippen LogP contribution in [0.25, 0.3) is 33.3 Å². The molecule has 0 radical (unpaired) electrons. The van der Waals surface area contributed by atoms with Crippen molar-refractivity contribution in [3.63, 3.8) is 0 Å². The highest BCUT2D eigenvalue weighted by molar-refractivity contribution is 5.94. The summed E-state index contributed by atoms with van der Waals surface area (Å²) in [6, 6.07) is 12.6. The maximum absolute atomic E-state index is 13.3. The lowest BCUT2D eigenvalue weighted by Crippen LogP contribution is -2.44. The molecule has 0 saturated carbocycles. The molecule has 146 valence electrons. The van der Waals surface area contributed by atoms with Crippen molar-refractivity contribution in [3.05, 3.63) is 60.8 Å². The predicted molar refractivity (Wildman–Crippen MR) is 112 cm³/mol. The van der Waals surface area contributed by atoms with E-state index in [1.807, 2.05) is 12.1 Å². The Labute approximate surface area is 168 Å². The number of likely N-dealkylation sites (N-methyl/N-ethyl adjacent to an activating group) is 1. The summed E-state index contributed by atoms with van der Waals surface area (Å²) in [6.45, 7) is 3.92. The Morgan fingerprint density at radius 2 is 1.69 bits per heavy atom. The number of benzene rings is 2. The molecule has 1 N–H and O–H groups in total. The Balaban J connectivity index is 1.58. The molecule has 0 atom stereocenters. The first-order chi connectivity index (χ1) is 14.2. The van der Waals surface area contributed by atoms with E-state index < -0.39 is 0 Å². The van der Waals surface area contributed by atoms with E-state index in [2.05, 4.69) is 43.1 Å². The van der Waals surface area contributed by atoms with Crippen LogP contribution in [0.1, 0.15) is 0 Å². The summed E-state index contributed by atoms with van der Waals surface area (Å²) in [4.78, 5) is 13.7. The van der Waals surface area contributed by atoms with Gasteiger partial charge in [-0.05, 0) is 49.0 Å². The van der Waals surface area contributed by atoms with Gasteiger partial charge in [-0.15, -0.1) is 0 Å². The summed E-state index contributed by atoms with van der Waals surface area (Å²) >= 11 is 0. The van der Waals surface area contributed by atoms with E-state index in [9.17, 15) is 4.39 Å². The number of hydrogen-bond donors (Lipinski definition) is 1. The van der Waals surface area contributed by atoms with Gasteiger partial charge in [-0.1, -0.05) is 6.07 Å². The van der Waals surface area contributed by atoms with E-state index in [4.69, 9.17) is 0 Å². The molecule has 0 bridgehead atoms. The molecule has 1 saturated heterocycles. The van der Waals surface area contributed by atoms with Gasteiger partial charge in [0.05, 0.1) is 17.4 Å². The summed E-state index contributed by atoms with van der Waals surface area (Å²) in [7, 11) is 2.14. The average Bonchev–Trinajstić information content (AvgIpc) is 3.24. The van der Waals surface area contributed by atoms with E-state index >= 15 is 0 Å². The number of fused-ring (bicyclic) bond motifs is 1. The van der Waals surface area contributed by atoms with Crippen molar-refractivity contribution in [2.45, 2.75) is 0 Å². The number of anilines is 1. The van der Waals surface area contributed by atoms with Crippen molar-refractivity contribution in [2.75, 3.05) is 38.1 Å². The fourth-order valence-electron chi connectivity index (χ4n) is 3.82. The first-order valence-corrected chi connectivity index (χ1v) is 9.67. The lowest BCUT2D eigenvalue weighted by Gasteiger charge is -2.33. The number of nitrogens with zero attached hydrogens (tertiary/aromatic N) is 5. The third-order valence-corrected chi connectivity index (χ3v) is 5.50. The Kier molecular flexibility index (Phi) is 4.44. The molecular formula is C22H21FN6. The van der Waals surface area contributed by atoms with Crippen LogP contribution in [0.15, 0.2) is 55.0 Å². The van der Waals surface area contributed by atoms with Crippen LogP contribution in [0.4, 0.5) is 10.2 Å². The minimum atomic E-state index is -0.255. The maximum Gasteiger partial charge on any atom is 0.139 e. The molecule has 5 rings (SSSR count). The van der Waals surface area contributed by atoms with Crippen LogP contribution in [0, 0.1) is 5.82 Å². The highest BCUT2D eigenvalue weighted by Gasteiger charge is 2.19. The fraction of sp³-hybridized carbons (Fsp3) is 0.227. The number of halogens is 1. The Bertz CT molecular complexity index is 1150. The van der Waals surface area contributed by atoms with Crippen molar-refractivity contribution in [1.29, 1.82) is 0 Å². The molecule has 1 aliphatic rings. The molecule has 0 unspecified atom stereocenters. The topological polar surface area (TPSA) is 60.9 Å². The zero-order valence-corrected chi connectivity index (χ0v) is 16.1. The number of aromatic amines is 1. The molecule has 6 nitrogen and oxygen atoms in total. The van der Waals surface area contributed by atoms with E-state index in [1.54, 1.807) is 24.7 Å². The SMILES string of the molecule is CN1CCN(c2ncnc3ccc(-c4cn[nH]c4-c4ccc(F)cc4)cc23)CC1. The van der Waals surface area contributed by atoms with Gasteiger partial charge in [-0.25, -0.2) is 14.4 Å². The second-order valence-corrected chi connectivity index (χ2v) is 7.39. The largest absolute Gasteiger partial charge is 0.353 e. The number of H-pyrrole nitrogens is 1. The van der Waals surface area contributed by atoms with Crippen LogP contribution >= 0.6 is 0 Å². The zero-order valence-electron chi connectivity index (χ0n) is 16.1. The molecule has 0 amide bonds. The van der Waals surface area contributed by atoms with Gasteiger partial charge in [0.1, 0.15) is 18.0 Å². The van der Waals surface area contributed by atoms with Crippen molar-refractivity contribution in [3.8, 4) is 22.4 Å². The predicted octanol–water partition coefficient (Wildman–Crippen LogP) is 3.58. The summed E-state index contributed by atoms with van der Waals surface area (Å²) < 4.78 is 13.3. The van der Waals surface area contributed by atoms with Crippen LogP contribution in [0.3, 0.4) is 0 Å². The van der Waals surface area contributed by atoms with Gasteiger partial charge in [0, 0.05) is 42.7 Å². The highest BCUT2D eigenvalue weighted by atomic mass is 19.1. The molecule has 29 heavy (non-hydrogen) atoms. The van der Waals surface area contributed by atoms with Crippen molar-refractivity contribution in [1.82, 2.24) is 25.1 Å². The average molecular weight is 388 g/mol. The third-order valence-electron chi connectivity index (χ3n) is 5.50. The molecule has 2 aromatic carbocycles. The lowest BCUT2D eigenvalue weighted by atomic mass is 10.00. The normalized spacial score (nSPS) is 15.2. The fourth-order valence-corrected chi connectivity index (χ4v) is 3.82. The molecule has 3 heterocycles. The monoisotopic (exact) mass is 388 g/mol. The van der Waals surface area contributed by atoms with Gasteiger partial charge >= 0.3 is 0 Å². The van der Waals surface area contributed by atoms with Gasteiger partial charge in [0.2, 0.25) is 0 Å². The van der Waals surface area contributed by atoms with Gasteiger partial charge in [-0.3, -0.25) is 5.10 Å². The smallest absolute Gasteiger partial charge is 0.139 e. The van der Waals surface area contributed by atoms with E-state index in [0.717, 1.165) is 65.3 Å². The van der Waals surface area contributed by atoms with E-state index in [0.29, 0.717) is 0 Å². The zero-order chi connectivity index (χ0) is 19.8. The Hall–Kier alpha value is -3.32. The van der Waals surface area contributed by atoms with Crippen LogP contribution < -0.4 is 4.90 Å². The van der Waals surface area contributed by atoms with Crippen LogP contribution in [-0.4, -0.2) is 58.3 Å². The van der Waals surface area contributed by atoms with Gasteiger partial charge in [0.15, 0.2) is 0 Å². The minimum Gasteiger partial charge on any atom is -0.353 e. The number of piperazine rings is 1. The molecule has 1 aliphatic heterocycles. The van der Waals surface area contributed by atoms with Gasteiger partial charge in [0.25, 0.3) is 0 Å². The van der Waals surface area contributed by atoms with E-state index in [1.165, 1.54) is 12.1 Å². The second-order valence-electron chi connectivity index (χ2n) is 7.39. The molecule has 7 heteroatoms. The molecule has 2 aromatic heterocycles. The summed E-state index contributed by atoms with van der Waals surface area (Å²) in [5.74, 6) is 0.714. The quantitative estimate of drug-likeness (QED) is 0.581. The third kappa shape index (κ3) is 3.34. The molecule has 0 aliphatic carbocycles. The van der Waals surface area contributed by atoms with Crippen molar-refractivity contribution < 1.29 is 4.39 Å². The lowest BCUT2D eigenvalue weighted by molar-refractivity contribution is 0.312. The molecule has 1 fully saturated rings. The van der Waals surface area contributed by atoms with E-state index in [-0.39, 0.29) is 5.82 Å². The Morgan fingerprint density at radius 1 is 0.931 bits per heavy atom. The number of rotatable bonds is 3. The van der Waals surface area contributed by atoms with Crippen LogP contribution in [-0.2, 0) is 0 Å². The first-order valence-electron chi connectivity index (χ1n) is 9.67. The second kappa shape index (κ2) is 7.25. The summed E-state index contributed by atoms with van der Waals surface area (Å²) in [6.07, 6.45) is 3.44. The summed E-state index contributed by atoms with van der Waals surface area (Å²) in [5.41, 5.74) is 4.66. The van der Waals surface area contributed by atoms with Crippen molar-refractivity contribution >= 4 is 16.7 Å². The number of hydrogen-bond acceptors (Lipinski definition) is 5. The number of nitrogens with one attached hydrogen (secondary N) is 1. The Morgan fingerprint density at radius 3 is 2.48 bits per heavy atom. The first kappa shape index (κ1) is 17.8. The standard InChI is InChI=1S/C22H21FN6/c1-28-8-10-29(11-9-28)22-18-12-16(4-7-20(18)24-14-25-22)19-13-26-27-21(19)15-2-5-17(23)6-3-15/h2-7,12-14H,8-11H2,1H3,(H,26,27).